The number of methoxy groups -OCH3 is 1. The number of nitrogens with one attached hydrogen (secondary N) is 1. The van der Waals surface area contributed by atoms with Gasteiger partial charge in [-0.25, -0.2) is 0 Å². The second-order valence-corrected chi connectivity index (χ2v) is 5.95. The molecule has 0 amide bonds. The van der Waals surface area contributed by atoms with Gasteiger partial charge in [0, 0.05) is 16.6 Å². The molecule has 0 aliphatic carbocycles. The lowest BCUT2D eigenvalue weighted by molar-refractivity contribution is 0.412. The van der Waals surface area contributed by atoms with E-state index in [1.54, 1.807) is 7.11 Å². The van der Waals surface area contributed by atoms with Crippen LogP contribution in [0, 0.1) is 0 Å². The third-order valence-corrected chi connectivity index (χ3v) is 3.86. The van der Waals surface area contributed by atoms with E-state index in [0.29, 0.717) is 0 Å². The van der Waals surface area contributed by atoms with Crippen LogP contribution in [0.5, 0.6) is 17.2 Å². The molecule has 0 radical (unpaired) electrons. The summed E-state index contributed by atoms with van der Waals surface area (Å²) in [7, 11) is 3.55. The van der Waals surface area contributed by atoms with Crippen molar-refractivity contribution in [3.63, 3.8) is 0 Å². The van der Waals surface area contributed by atoms with E-state index in [-0.39, 0.29) is 0 Å². The number of ether oxygens (including phenoxy) is 2. The van der Waals surface area contributed by atoms with Crippen molar-refractivity contribution in [3.05, 3.63) is 50.9 Å². The van der Waals surface area contributed by atoms with Crippen LogP contribution in [0.1, 0.15) is 5.56 Å². The van der Waals surface area contributed by atoms with Crippen molar-refractivity contribution in [3.8, 4) is 17.2 Å². The fraction of sp³-hybridized carbons (Fsp3) is 0.200. The maximum absolute atomic E-state index is 5.98. The molecule has 0 atom stereocenters. The zero-order valence-corrected chi connectivity index (χ0v) is 14.4. The number of rotatable bonds is 5. The lowest BCUT2D eigenvalue weighted by Crippen LogP contribution is -2.06. The summed E-state index contributed by atoms with van der Waals surface area (Å²) in [4.78, 5) is 0. The Morgan fingerprint density at radius 1 is 1.05 bits per heavy atom. The molecule has 0 fully saturated rings. The van der Waals surface area contributed by atoms with Crippen molar-refractivity contribution >= 4 is 31.9 Å². The molecule has 0 aliphatic rings. The highest BCUT2D eigenvalue weighted by Crippen LogP contribution is 2.34. The molecule has 0 aromatic heterocycles. The summed E-state index contributed by atoms with van der Waals surface area (Å²) < 4.78 is 13.0. The maximum atomic E-state index is 5.98. The molecule has 1 N–H and O–H groups in total. The van der Waals surface area contributed by atoms with Gasteiger partial charge < -0.3 is 14.8 Å². The Balaban J connectivity index is 2.29. The number of benzene rings is 2. The zero-order chi connectivity index (χ0) is 14.5. The summed E-state index contributed by atoms with van der Waals surface area (Å²) in [6, 6.07) is 11.6. The molecular weight excluding hydrogens is 386 g/mol. The van der Waals surface area contributed by atoms with Crippen molar-refractivity contribution < 1.29 is 9.47 Å². The highest BCUT2D eigenvalue weighted by atomic mass is 79.9. The van der Waals surface area contributed by atoms with Crippen LogP contribution in [0.4, 0.5) is 0 Å². The molecule has 0 aliphatic heterocycles. The second kappa shape index (κ2) is 7.11. The smallest absolute Gasteiger partial charge is 0.141 e. The Labute approximate surface area is 135 Å². The Kier molecular flexibility index (Phi) is 5.46. The van der Waals surface area contributed by atoms with Crippen molar-refractivity contribution in [2.45, 2.75) is 6.54 Å². The first-order valence-corrected chi connectivity index (χ1v) is 7.67. The maximum Gasteiger partial charge on any atom is 0.141 e. The quantitative estimate of drug-likeness (QED) is 0.786. The van der Waals surface area contributed by atoms with Crippen LogP contribution in [0.25, 0.3) is 0 Å². The van der Waals surface area contributed by atoms with Crippen LogP contribution in [0.3, 0.4) is 0 Å². The molecule has 0 saturated heterocycles. The molecule has 0 spiro atoms. The molecule has 5 heteroatoms. The summed E-state index contributed by atoms with van der Waals surface area (Å²) in [6.07, 6.45) is 0. The van der Waals surface area contributed by atoms with Gasteiger partial charge in [-0.3, -0.25) is 0 Å². The van der Waals surface area contributed by atoms with Crippen LogP contribution in [0.2, 0.25) is 0 Å². The van der Waals surface area contributed by atoms with E-state index < -0.39 is 0 Å². The Hall–Kier alpha value is -1.04. The minimum Gasteiger partial charge on any atom is -0.497 e. The average molecular weight is 401 g/mol. The first-order chi connectivity index (χ1) is 9.63. The summed E-state index contributed by atoms with van der Waals surface area (Å²) >= 11 is 6.97. The third-order valence-electron chi connectivity index (χ3n) is 2.75. The van der Waals surface area contributed by atoms with Gasteiger partial charge in [0.1, 0.15) is 17.2 Å². The first-order valence-electron chi connectivity index (χ1n) is 6.08. The van der Waals surface area contributed by atoms with Crippen LogP contribution in [-0.2, 0) is 6.54 Å². The topological polar surface area (TPSA) is 30.5 Å². The van der Waals surface area contributed by atoms with Crippen LogP contribution >= 0.6 is 31.9 Å². The van der Waals surface area contributed by atoms with Crippen molar-refractivity contribution in [1.82, 2.24) is 5.32 Å². The molecule has 0 bridgehead atoms. The lowest BCUT2D eigenvalue weighted by atomic mass is 10.2. The summed E-state index contributed by atoms with van der Waals surface area (Å²) in [5.41, 5.74) is 1.09. The van der Waals surface area contributed by atoms with Crippen molar-refractivity contribution in [2.75, 3.05) is 14.2 Å². The van der Waals surface area contributed by atoms with Gasteiger partial charge in [-0.15, -0.1) is 0 Å². The Morgan fingerprint density at radius 3 is 2.45 bits per heavy atom. The minimum absolute atomic E-state index is 0.739. The average Bonchev–Trinajstić information content (AvgIpc) is 2.44. The molecule has 2 rings (SSSR count). The van der Waals surface area contributed by atoms with Crippen LogP contribution in [0.15, 0.2) is 45.3 Å². The molecule has 0 heterocycles. The van der Waals surface area contributed by atoms with Gasteiger partial charge in [-0.1, -0.05) is 15.9 Å². The van der Waals surface area contributed by atoms with Gasteiger partial charge >= 0.3 is 0 Å². The van der Waals surface area contributed by atoms with E-state index in [4.69, 9.17) is 9.47 Å². The molecule has 20 heavy (non-hydrogen) atoms. The SMILES string of the molecule is CNCc1cc(Br)ccc1Oc1ccc(OC)cc1Br. The second-order valence-electron chi connectivity index (χ2n) is 4.18. The van der Waals surface area contributed by atoms with Gasteiger partial charge in [0.05, 0.1) is 11.6 Å². The standard InChI is InChI=1S/C15H15Br2NO2/c1-18-9-10-7-11(16)3-5-14(10)20-15-6-4-12(19-2)8-13(15)17/h3-8,18H,9H2,1-2H3. The lowest BCUT2D eigenvalue weighted by Gasteiger charge is -2.13. The third kappa shape index (κ3) is 3.75. The first kappa shape index (κ1) is 15.4. The van der Waals surface area contributed by atoms with Gasteiger partial charge in [0.2, 0.25) is 0 Å². The van der Waals surface area contributed by atoms with Crippen molar-refractivity contribution in [2.24, 2.45) is 0 Å². The van der Waals surface area contributed by atoms with Crippen LogP contribution < -0.4 is 14.8 Å². The highest BCUT2D eigenvalue weighted by Gasteiger charge is 2.08. The van der Waals surface area contributed by atoms with E-state index in [0.717, 1.165) is 38.3 Å². The van der Waals surface area contributed by atoms with Crippen molar-refractivity contribution in [1.29, 1.82) is 0 Å². The zero-order valence-electron chi connectivity index (χ0n) is 11.2. The fourth-order valence-corrected chi connectivity index (χ4v) is 2.63. The molecule has 2 aromatic carbocycles. The van der Waals surface area contributed by atoms with Gasteiger partial charge in [0.15, 0.2) is 0 Å². The molecule has 0 unspecified atom stereocenters. The summed E-state index contributed by atoms with van der Waals surface area (Å²) in [5, 5.41) is 3.14. The van der Waals surface area contributed by atoms with Crippen LogP contribution in [-0.4, -0.2) is 14.2 Å². The molecule has 106 valence electrons. The summed E-state index contributed by atoms with van der Waals surface area (Å²) in [6.45, 7) is 0.739. The molecule has 3 nitrogen and oxygen atoms in total. The molecule has 2 aromatic rings. The molecular formula is C15H15Br2NO2. The minimum atomic E-state index is 0.739. The highest BCUT2D eigenvalue weighted by molar-refractivity contribution is 9.10. The van der Waals surface area contributed by atoms with E-state index >= 15 is 0 Å². The van der Waals surface area contributed by atoms with E-state index in [1.165, 1.54) is 0 Å². The van der Waals surface area contributed by atoms with Gasteiger partial charge in [-0.05, 0) is 59.4 Å². The van der Waals surface area contributed by atoms with Gasteiger partial charge in [0.25, 0.3) is 0 Å². The largest absolute Gasteiger partial charge is 0.497 e. The number of hydrogen-bond donors (Lipinski definition) is 1. The van der Waals surface area contributed by atoms with E-state index in [2.05, 4.69) is 37.2 Å². The fourth-order valence-electron chi connectivity index (χ4n) is 1.79. The predicted octanol–water partition coefficient (Wildman–Crippen LogP) is 4.73. The Bertz CT molecular complexity index is 602. The van der Waals surface area contributed by atoms with Gasteiger partial charge in [-0.2, -0.15) is 0 Å². The Morgan fingerprint density at radius 2 is 1.80 bits per heavy atom. The number of halogens is 2. The monoisotopic (exact) mass is 399 g/mol. The summed E-state index contributed by atoms with van der Waals surface area (Å²) in [5.74, 6) is 2.37. The molecule has 0 saturated carbocycles. The predicted molar refractivity (Wildman–Crippen MR) is 87.7 cm³/mol. The van der Waals surface area contributed by atoms with E-state index in [1.807, 2.05) is 43.4 Å². The number of hydrogen-bond acceptors (Lipinski definition) is 3. The normalized spacial score (nSPS) is 10.4. The van der Waals surface area contributed by atoms with E-state index in [9.17, 15) is 0 Å².